The highest BCUT2D eigenvalue weighted by atomic mass is 35.5. The van der Waals surface area contributed by atoms with Gasteiger partial charge >= 0.3 is 0 Å². The number of likely N-dealkylation sites (tertiary alicyclic amines) is 1. The smallest absolute Gasteiger partial charge is 0.255 e. The summed E-state index contributed by atoms with van der Waals surface area (Å²) >= 11 is 7.05. The van der Waals surface area contributed by atoms with Crippen molar-refractivity contribution >= 4 is 29.1 Å². The molecule has 6 N–H and O–H groups in total. The average Bonchev–Trinajstić information content (AvgIpc) is 3.72. The third-order valence-corrected chi connectivity index (χ3v) is 10.3. The third kappa shape index (κ3) is 4.13. The lowest BCUT2D eigenvalue weighted by atomic mass is 9.58. The lowest BCUT2D eigenvalue weighted by Crippen LogP contribution is -2.63. The number of amides is 1. The Kier molecular flexibility index (Phi) is 6.76. The van der Waals surface area contributed by atoms with Crippen LogP contribution in [0.1, 0.15) is 66.1 Å². The van der Waals surface area contributed by atoms with Crippen LogP contribution in [0.15, 0.2) is 28.7 Å². The molecule has 1 aliphatic heterocycles. The van der Waals surface area contributed by atoms with Crippen molar-refractivity contribution in [1.82, 2.24) is 9.80 Å². The van der Waals surface area contributed by atoms with Crippen LogP contribution in [0.25, 0.3) is 0 Å². The van der Waals surface area contributed by atoms with E-state index in [4.69, 9.17) is 17.3 Å². The molecule has 1 saturated carbocycles. The van der Waals surface area contributed by atoms with E-state index in [-0.39, 0.29) is 35.8 Å². The zero-order valence-corrected chi connectivity index (χ0v) is 23.9. The minimum atomic E-state index is -2.66. The van der Waals surface area contributed by atoms with Crippen molar-refractivity contribution in [2.75, 3.05) is 27.2 Å². The molecule has 2 fully saturated rings. The molecule has 1 aromatic carbocycles. The molecule has 5 aliphatic rings. The number of carbonyl (C=O) groups excluding carboxylic acids is 3. The normalized spacial score (nSPS) is 32.2. The summed E-state index contributed by atoms with van der Waals surface area (Å²) in [6.45, 7) is 1.92. The highest BCUT2D eigenvalue weighted by Gasteiger charge is 2.63. The van der Waals surface area contributed by atoms with Crippen molar-refractivity contribution in [2.45, 2.75) is 62.6 Å². The Bertz CT molecular complexity index is 1430. The molecule has 1 aromatic rings. The third-order valence-electron chi connectivity index (χ3n) is 9.85. The predicted molar refractivity (Wildman–Crippen MR) is 150 cm³/mol. The molecule has 6 rings (SSSR count). The first kappa shape index (κ1) is 28.2. The van der Waals surface area contributed by atoms with Crippen LogP contribution >= 0.6 is 11.6 Å². The molecule has 0 bridgehead atoms. The van der Waals surface area contributed by atoms with Gasteiger partial charge in [0, 0.05) is 29.1 Å². The second kappa shape index (κ2) is 9.83. The van der Waals surface area contributed by atoms with Gasteiger partial charge in [0.15, 0.2) is 11.4 Å². The Hall–Kier alpha value is -2.92. The van der Waals surface area contributed by atoms with Crippen LogP contribution in [0, 0.1) is 17.8 Å². The highest BCUT2D eigenvalue weighted by Crippen LogP contribution is 2.54. The molecule has 1 heterocycles. The standard InChI is InChI=1S/C30H36ClN3O7/c1-33(2)24-17-10-14-9-16-21(25(36)20(14)27(38)30(17,41)28(39)22(26(24)37)29(32)40)19(35)11-15(23(16)31)18-5-3-4-8-34(18)12-13-6-7-13/h11,13-14,17-18,24,35,37-38,41H,3-10,12H2,1-2H3,(H2,32,40)/t14-,17-,18?,24-,30-/m0/s1. The zero-order chi connectivity index (χ0) is 29.5. The number of halogens is 1. The Balaban J connectivity index is 1.46. The van der Waals surface area contributed by atoms with Gasteiger partial charge in [-0.1, -0.05) is 18.0 Å². The molecule has 220 valence electrons. The van der Waals surface area contributed by atoms with Crippen molar-refractivity contribution in [3.8, 4) is 5.75 Å². The second-order valence-corrected chi connectivity index (χ2v) is 12.9. The SMILES string of the molecule is CN(C)[C@@H]1C(O)=C(C(N)=O)C(=O)[C@@]2(O)C(O)=C3C(=O)c4c(O)cc(C5CCCCN5CC5CC5)c(Cl)c4C[C@H]3C[C@@H]12. The van der Waals surface area contributed by atoms with E-state index >= 15 is 0 Å². The first-order chi connectivity index (χ1) is 19.4. The molecule has 0 aromatic heterocycles. The van der Waals surface area contributed by atoms with E-state index < -0.39 is 58.0 Å². The molecule has 1 amide bonds. The number of hydrogen-bond donors (Lipinski definition) is 5. The Morgan fingerprint density at radius 1 is 1.17 bits per heavy atom. The zero-order valence-electron chi connectivity index (χ0n) is 23.2. The Labute approximate surface area is 243 Å². The summed E-state index contributed by atoms with van der Waals surface area (Å²) in [7, 11) is 3.21. The molecule has 11 heteroatoms. The number of ketones is 2. The first-order valence-corrected chi connectivity index (χ1v) is 14.7. The van der Waals surface area contributed by atoms with Gasteiger partial charge < -0.3 is 26.2 Å². The number of primary amides is 1. The number of nitrogens with zero attached hydrogens (tertiary/aromatic N) is 2. The van der Waals surface area contributed by atoms with Gasteiger partial charge in [0.25, 0.3) is 5.91 Å². The Morgan fingerprint density at radius 3 is 2.51 bits per heavy atom. The van der Waals surface area contributed by atoms with Gasteiger partial charge in [0.2, 0.25) is 5.78 Å². The number of benzene rings is 1. The van der Waals surface area contributed by atoms with Gasteiger partial charge in [0.1, 0.15) is 22.8 Å². The fourth-order valence-corrected chi connectivity index (χ4v) is 8.10. The van der Waals surface area contributed by atoms with Crippen LogP contribution in [-0.2, 0) is 16.0 Å². The van der Waals surface area contributed by atoms with Gasteiger partial charge in [-0.05, 0) is 88.2 Å². The number of piperidine rings is 1. The molecule has 4 aliphatic carbocycles. The lowest BCUT2D eigenvalue weighted by Gasteiger charge is -2.50. The van der Waals surface area contributed by atoms with Gasteiger partial charge in [-0.15, -0.1) is 0 Å². The number of allylic oxidation sites excluding steroid dienone is 1. The van der Waals surface area contributed by atoms with Gasteiger partial charge in [0.05, 0.1) is 11.6 Å². The molecular formula is C30H36ClN3O7. The van der Waals surface area contributed by atoms with E-state index in [1.54, 1.807) is 20.2 Å². The number of aliphatic hydroxyl groups excluding tert-OH is 2. The van der Waals surface area contributed by atoms with Crippen LogP contribution in [0.3, 0.4) is 0 Å². The van der Waals surface area contributed by atoms with Crippen molar-refractivity contribution in [3.63, 3.8) is 0 Å². The van der Waals surface area contributed by atoms with Crippen molar-refractivity contribution in [1.29, 1.82) is 0 Å². The molecular weight excluding hydrogens is 550 g/mol. The van der Waals surface area contributed by atoms with E-state index in [1.807, 2.05) is 0 Å². The predicted octanol–water partition coefficient (Wildman–Crippen LogP) is 2.71. The maximum absolute atomic E-state index is 13.9. The number of fused-ring (bicyclic) bond motifs is 3. The largest absolute Gasteiger partial charge is 0.510 e. The number of likely N-dealkylation sites (N-methyl/N-ethyl adjacent to an activating group) is 1. The molecule has 1 unspecified atom stereocenters. The molecule has 5 atom stereocenters. The fourth-order valence-electron chi connectivity index (χ4n) is 7.75. The number of hydrogen-bond acceptors (Lipinski definition) is 9. The number of rotatable bonds is 5. The molecule has 1 saturated heterocycles. The summed E-state index contributed by atoms with van der Waals surface area (Å²) in [6, 6.07) is 0.537. The molecule has 0 radical (unpaired) electrons. The minimum absolute atomic E-state index is 0.0216. The number of phenolic OH excluding ortho intramolecular Hbond substituents is 1. The number of aliphatic hydroxyl groups is 3. The van der Waals surface area contributed by atoms with Crippen molar-refractivity contribution in [2.24, 2.45) is 23.5 Å². The number of phenols is 1. The van der Waals surface area contributed by atoms with E-state index in [9.17, 15) is 34.8 Å². The van der Waals surface area contributed by atoms with Crippen LogP contribution in [-0.4, -0.2) is 86.5 Å². The highest BCUT2D eigenvalue weighted by molar-refractivity contribution is 6.33. The second-order valence-electron chi connectivity index (χ2n) is 12.6. The van der Waals surface area contributed by atoms with Crippen LogP contribution in [0.4, 0.5) is 0 Å². The van der Waals surface area contributed by atoms with E-state index in [0.717, 1.165) is 37.9 Å². The minimum Gasteiger partial charge on any atom is -0.510 e. The number of carbonyl (C=O) groups is 3. The fraction of sp³-hybridized carbons (Fsp3) is 0.567. The number of Topliss-reactive ketones (excluding diaryl/α,β-unsaturated/α-hetero) is 2. The number of nitrogens with two attached hydrogens (primary N) is 1. The topological polar surface area (TPSA) is 165 Å². The Morgan fingerprint density at radius 2 is 1.88 bits per heavy atom. The summed E-state index contributed by atoms with van der Waals surface area (Å²) in [5.74, 6) is -5.99. The van der Waals surface area contributed by atoms with Crippen molar-refractivity contribution < 1.29 is 34.8 Å². The van der Waals surface area contributed by atoms with E-state index in [1.165, 1.54) is 17.7 Å². The summed E-state index contributed by atoms with van der Waals surface area (Å²) in [5, 5.41) is 45.7. The summed E-state index contributed by atoms with van der Waals surface area (Å²) in [4.78, 5) is 43.5. The van der Waals surface area contributed by atoms with E-state index in [2.05, 4.69) is 4.90 Å². The maximum Gasteiger partial charge on any atom is 0.255 e. The summed E-state index contributed by atoms with van der Waals surface area (Å²) in [5.41, 5.74) is 2.94. The molecule has 0 spiro atoms. The van der Waals surface area contributed by atoms with Gasteiger partial charge in [-0.25, -0.2) is 0 Å². The van der Waals surface area contributed by atoms with Crippen molar-refractivity contribution in [3.05, 3.63) is 50.4 Å². The molecule has 10 nitrogen and oxygen atoms in total. The van der Waals surface area contributed by atoms with Crippen LogP contribution in [0.5, 0.6) is 5.75 Å². The first-order valence-electron chi connectivity index (χ1n) is 14.3. The van der Waals surface area contributed by atoms with Crippen LogP contribution in [0.2, 0.25) is 5.02 Å². The van der Waals surface area contributed by atoms with Gasteiger partial charge in [-0.3, -0.25) is 24.2 Å². The summed E-state index contributed by atoms with van der Waals surface area (Å²) < 4.78 is 0. The van der Waals surface area contributed by atoms with E-state index in [0.29, 0.717) is 16.5 Å². The molecule has 41 heavy (non-hydrogen) atoms. The quantitative estimate of drug-likeness (QED) is 0.327. The lowest BCUT2D eigenvalue weighted by molar-refractivity contribution is -0.148. The average molecular weight is 586 g/mol. The maximum atomic E-state index is 13.9. The van der Waals surface area contributed by atoms with Gasteiger partial charge in [-0.2, -0.15) is 0 Å². The summed E-state index contributed by atoms with van der Waals surface area (Å²) in [6.07, 6.45) is 5.68. The van der Waals surface area contributed by atoms with Crippen LogP contribution < -0.4 is 5.73 Å². The number of aromatic hydroxyl groups is 1. The monoisotopic (exact) mass is 585 g/mol.